The van der Waals surface area contributed by atoms with Crippen molar-refractivity contribution in [2.75, 3.05) is 25.0 Å². The van der Waals surface area contributed by atoms with Crippen molar-refractivity contribution in [1.82, 2.24) is 4.90 Å². The molecular weight excluding hydrogens is 398 g/mol. The highest BCUT2D eigenvalue weighted by atomic mass is 127. The molecule has 0 aliphatic carbocycles. The lowest BCUT2D eigenvalue weighted by molar-refractivity contribution is -0.114. The molecule has 1 saturated heterocycles. The standard InChI is InChI=1S/C15H21FN4O.HI/c1-11-3-2-8-20(10-11)15(17)18-9-14(21)19-13-6-4-12(16)5-7-13;/h4-7,11H,2-3,8-10H2,1H3,(H2,17,18)(H,19,21);1H. The lowest BCUT2D eigenvalue weighted by atomic mass is 10.0. The Hall–Kier alpha value is -1.38. The topological polar surface area (TPSA) is 70.7 Å². The number of aliphatic imine (C=N–C) groups is 1. The third kappa shape index (κ3) is 5.78. The van der Waals surface area contributed by atoms with E-state index in [1.54, 1.807) is 0 Å². The second-order valence-electron chi connectivity index (χ2n) is 5.42. The van der Waals surface area contributed by atoms with E-state index >= 15 is 0 Å². The van der Waals surface area contributed by atoms with Crippen LogP contribution in [0.15, 0.2) is 29.3 Å². The minimum Gasteiger partial charge on any atom is -0.370 e. The number of anilines is 1. The zero-order chi connectivity index (χ0) is 15.2. The van der Waals surface area contributed by atoms with Gasteiger partial charge in [0.1, 0.15) is 12.4 Å². The number of hydrogen-bond acceptors (Lipinski definition) is 2. The average molecular weight is 420 g/mol. The predicted octanol–water partition coefficient (Wildman–Crippen LogP) is 2.43. The first-order valence-corrected chi connectivity index (χ1v) is 7.15. The summed E-state index contributed by atoms with van der Waals surface area (Å²) in [7, 11) is 0. The molecule has 1 aromatic carbocycles. The zero-order valence-corrected chi connectivity index (χ0v) is 14.9. The normalized spacial score (nSPS) is 18.5. The van der Waals surface area contributed by atoms with Crippen molar-refractivity contribution in [1.29, 1.82) is 0 Å². The maximum atomic E-state index is 12.8. The summed E-state index contributed by atoms with van der Waals surface area (Å²) < 4.78 is 12.8. The smallest absolute Gasteiger partial charge is 0.246 e. The van der Waals surface area contributed by atoms with Gasteiger partial charge >= 0.3 is 0 Å². The molecule has 0 bridgehead atoms. The van der Waals surface area contributed by atoms with Crippen LogP contribution in [0.5, 0.6) is 0 Å². The van der Waals surface area contributed by atoms with Crippen LogP contribution in [-0.4, -0.2) is 36.4 Å². The van der Waals surface area contributed by atoms with E-state index in [9.17, 15) is 9.18 Å². The van der Waals surface area contributed by atoms with Gasteiger partial charge in [0.05, 0.1) is 0 Å². The van der Waals surface area contributed by atoms with Crippen molar-refractivity contribution in [3.8, 4) is 0 Å². The van der Waals surface area contributed by atoms with Crippen LogP contribution < -0.4 is 11.1 Å². The Morgan fingerprint density at radius 1 is 1.45 bits per heavy atom. The number of piperidine rings is 1. The van der Waals surface area contributed by atoms with Gasteiger partial charge in [0.2, 0.25) is 5.91 Å². The van der Waals surface area contributed by atoms with Gasteiger partial charge in [-0.1, -0.05) is 6.92 Å². The molecule has 0 radical (unpaired) electrons. The zero-order valence-electron chi connectivity index (χ0n) is 12.6. The number of carbonyl (C=O) groups is 1. The predicted molar refractivity (Wildman–Crippen MR) is 96.9 cm³/mol. The number of rotatable bonds is 3. The van der Waals surface area contributed by atoms with E-state index in [-0.39, 0.29) is 42.2 Å². The molecule has 22 heavy (non-hydrogen) atoms. The van der Waals surface area contributed by atoms with E-state index in [1.165, 1.54) is 30.7 Å². The van der Waals surface area contributed by atoms with Crippen LogP contribution >= 0.6 is 24.0 Å². The van der Waals surface area contributed by atoms with E-state index in [4.69, 9.17) is 5.73 Å². The molecule has 0 saturated carbocycles. The van der Waals surface area contributed by atoms with Crippen LogP contribution in [0.2, 0.25) is 0 Å². The van der Waals surface area contributed by atoms with Gasteiger partial charge in [-0.15, -0.1) is 24.0 Å². The number of guanidine groups is 1. The number of likely N-dealkylation sites (tertiary alicyclic amines) is 1. The molecule has 1 amide bonds. The molecule has 1 fully saturated rings. The van der Waals surface area contributed by atoms with E-state index in [0.717, 1.165) is 19.5 Å². The van der Waals surface area contributed by atoms with Crippen molar-refractivity contribution >= 4 is 41.5 Å². The van der Waals surface area contributed by atoms with Crippen LogP contribution in [0.4, 0.5) is 10.1 Å². The summed E-state index contributed by atoms with van der Waals surface area (Å²) in [6.07, 6.45) is 2.30. The first kappa shape index (κ1) is 18.7. The Balaban J connectivity index is 0.00000242. The Morgan fingerprint density at radius 2 is 2.14 bits per heavy atom. The van der Waals surface area contributed by atoms with Crippen molar-refractivity contribution in [3.05, 3.63) is 30.1 Å². The second-order valence-corrected chi connectivity index (χ2v) is 5.42. The molecule has 2 rings (SSSR count). The highest BCUT2D eigenvalue weighted by Gasteiger charge is 2.17. The molecule has 1 heterocycles. The molecule has 0 aromatic heterocycles. The Morgan fingerprint density at radius 3 is 2.77 bits per heavy atom. The van der Waals surface area contributed by atoms with Crippen LogP contribution in [0.3, 0.4) is 0 Å². The number of halogens is 2. The molecule has 7 heteroatoms. The first-order valence-electron chi connectivity index (χ1n) is 7.15. The lowest BCUT2D eigenvalue weighted by Crippen LogP contribution is -2.43. The minimum atomic E-state index is -0.338. The maximum absolute atomic E-state index is 12.8. The van der Waals surface area contributed by atoms with Gasteiger partial charge in [0.15, 0.2) is 5.96 Å². The fraction of sp³-hybridized carbons (Fsp3) is 0.467. The SMILES string of the molecule is CC1CCCN(C(N)=NCC(=O)Nc2ccc(F)cc2)C1.I. The molecule has 1 aliphatic heterocycles. The van der Waals surface area contributed by atoms with Gasteiger partial charge in [-0.05, 0) is 43.0 Å². The number of hydrogen-bond donors (Lipinski definition) is 2. The van der Waals surface area contributed by atoms with Crippen molar-refractivity contribution in [2.45, 2.75) is 19.8 Å². The third-order valence-electron chi connectivity index (χ3n) is 3.49. The summed E-state index contributed by atoms with van der Waals surface area (Å²) in [6.45, 7) is 3.92. The van der Waals surface area contributed by atoms with Gasteiger partial charge < -0.3 is 16.0 Å². The summed E-state index contributed by atoms with van der Waals surface area (Å²) in [5, 5.41) is 2.65. The molecule has 1 aromatic rings. The van der Waals surface area contributed by atoms with Crippen molar-refractivity contribution < 1.29 is 9.18 Å². The number of amides is 1. The molecular formula is C15H22FIN4O. The molecule has 0 spiro atoms. The van der Waals surface area contributed by atoms with Crippen LogP contribution in [-0.2, 0) is 4.79 Å². The average Bonchev–Trinajstić information content (AvgIpc) is 2.47. The fourth-order valence-electron chi connectivity index (χ4n) is 2.38. The van der Waals surface area contributed by atoms with Crippen LogP contribution in [0, 0.1) is 11.7 Å². The fourth-order valence-corrected chi connectivity index (χ4v) is 2.38. The summed E-state index contributed by atoms with van der Waals surface area (Å²) in [6, 6.07) is 5.60. The van der Waals surface area contributed by atoms with E-state index < -0.39 is 0 Å². The number of carbonyl (C=O) groups excluding carboxylic acids is 1. The lowest BCUT2D eigenvalue weighted by Gasteiger charge is -2.31. The Labute approximate surface area is 147 Å². The molecule has 1 atom stereocenters. The highest BCUT2D eigenvalue weighted by molar-refractivity contribution is 14.0. The molecule has 122 valence electrons. The van der Waals surface area contributed by atoms with Gasteiger partial charge in [-0.3, -0.25) is 4.79 Å². The number of nitrogens with zero attached hydrogens (tertiary/aromatic N) is 2. The van der Waals surface area contributed by atoms with Gasteiger partial charge in [-0.25, -0.2) is 9.38 Å². The monoisotopic (exact) mass is 420 g/mol. The third-order valence-corrected chi connectivity index (χ3v) is 3.49. The largest absolute Gasteiger partial charge is 0.370 e. The maximum Gasteiger partial charge on any atom is 0.246 e. The van der Waals surface area contributed by atoms with Crippen LogP contribution in [0.25, 0.3) is 0 Å². The molecule has 1 unspecified atom stereocenters. The Bertz CT molecular complexity index is 521. The van der Waals surface area contributed by atoms with E-state index in [1.807, 2.05) is 4.90 Å². The first-order chi connectivity index (χ1) is 10.0. The van der Waals surface area contributed by atoms with Crippen molar-refractivity contribution in [3.63, 3.8) is 0 Å². The molecule has 5 nitrogen and oxygen atoms in total. The minimum absolute atomic E-state index is 0. The summed E-state index contributed by atoms with van der Waals surface area (Å²) in [5.41, 5.74) is 6.46. The number of benzene rings is 1. The van der Waals surface area contributed by atoms with Gasteiger partial charge in [0.25, 0.3) is 0 Å². The quantitative estimate of drug-likeness (QED) is 0.449. The van der Waals surface area contributed by atoms with E-state index in [2.05, 4.69) is 17.2 Å². The summed E-state index contributed by atoms with van der Waals surface area (Å²) in [5.74, 6) is 0.403. The van der Waals surface area contributed by atoms with Crippen LogP contribution in [0.1, 0.15) is 19.8 Å². The Kier molecular flexibility index (Phi) is 7.57. The van der Waals surface area contributed by atoms with Gasteiger partial charge in [0, 0.05) is 18.8 Å². The summed E-state index contributed by atoms with van der Waals surface area (Å²) >= 11 is 0. The molecule has 1 aliphatic rings. The van der Waals surface area contributed by atoms with Gasteiger partial charge in [-0.2, -0.15) is 0 Å². The highest BCUT2D eigenvalue weighted by Crippen LogP contribution is 2.14. The summed E-state index contributed by atoms with van der Waals surface area (Å²) in [4.78, 5) is 17.9. The van der Waals surface area contributed by atoms with E-state index in [0.29, 0.717) is 17.6 Å². The second kappa shape index (κ2) is 8.92. The number of nitrogens with two attached hydrogens (primary N) is 1. The number of nitrogens with one attached hydrogen (secondary N) is 1. The molecule has 3 N–H and O–H groups in total. The van der Waals surface area contributed by atoms with Crippen molar-refractivity contribution in [2.24, 2.45) is 16.6 Å².